The number of fused-ring (bicyclic) bond motifs is 3. The lowest BCUT2D eigenvalue weighted by Gasteiger charge is -2.20. The molecule has 1 N–H and O–H groups in total. The minimum Gasteiger partial charge on any atom is -0.309 e. The molecule has 1 aliphatic carbocycles. The molecule has 31 heavy (non-hydrogen) atoms. The van der Waals surface area contributed by atoms with E-state index >= 15 is 0 Å². The molecule has 0 saturated carbocycles. The van der Waals surface area contributed by atoms with E-state index < -0.39 is 0 Å². The zero-order valence-electron chi connectivity index (χ0n) is 17.2. The smallest absolute Gasteiger partial charge is 0.225 e. The average molecular weight is 426 g/mol. The Hall–Kier alpha value is -3.31. The van der Waals surface area contributed by atoms with Crippen LogP contribution in [0, 0.1) is 0 Å². The van der Waals surface area contributed by atoms with Crippen LogP contribution in [0.1, 0.15) is 29.7 Å². The fourth-order valence-corrected chi connectivity index (χ4v) is 4.76. The molecule has 0 atom stereocenters. The Bertz CT molecular complexity index is 1200. The number of amides is 1. The summed E-state index contributed by atoms with van der Waals surface area (Å²) in [6.07, 6.45) is 3.93. The first-order chi connectivity index (χ1) is 15.3. The highest BCUT2D eigenvalue weighted by Gasteiger charge is 2.23. The van der Waals surface area contributed by atoms with E-state index in [9.17, 15) is 4.79 Å². The lowest BCUT2D eigenvalue weighted by molar-refractivity contribution is -0.116. The van der Waals surface area contributed by atoms with Gasteiger partial charge in [-0.1, -0.05) is 60.7 Å². The monoisotopic (exact) mass is 425 g/mol. The van der Waals surface area contributed by atoms with E-state index in [1.165, 1.54) is 11.1 Å². The normalized spacial score (nSPS) is 12.1. The zero-order valence-corrected chi connectivity index (χ0v) is 18.0. The zero-order chi connectivity index (χ0) is 21.0. The predicted octanol–water partition coefficient (Wildman–Crippen LogP) is 5.93. The molecule has 2 aromatic carbocycles. The molecule has 2 aromatic heterocycles. The average Bonchev–Trinajstić information content (AvgIpc) is 3.34. The van der Waals surface area contributed by atoms with Gasteiger partial charge in [-0.3, -0.25) is 4.79 Å². The Balaban J connectivity index is 1.40. The molecule has 1 aliphatic rings. The summed E-state index contributed by atoms with van der Waals surface area (Å²) in [6.45, 7) is 0. The molecule has 0 fully saturated rings. The van der Waals surface area contributed by atoms with Gasteiger partial charge in [-0.2, -0.15) is 0 Å². The standard InChI is InChI=1S/C26H23N3OS/c30-23(14-6-10-18-8-2-1-3-9-18)28-26-25(22-13-7-17-31-22)29-24-20-12-5-4-11-19(20)15-16-21(24)27-26/h1-5,7-9,11-13,17H,6,10,14-16H2,(H,27,28,30). The third-order valence-corrected chi connectivity index (χ3v) is 6.47. The van der Waals surface area contributed by atoms with Crippen LogP contribution in [0.25, 0.3) is 21.8 Å². The number of anilines is 1. The number of hydrogen-bond acceptors (Lipinski definition) is 4. The quantitative estimate of drug-likeness (QED) is 0.416. The van der Waals surface area contributed by atoms with Gasteiger partial charge in [0.25, 0.3) is 0 Å². The molecule has 0 unspecified atom stereocenters. The van der Waals surface area contributed by atoms with Gasteiger partial charge in [0, 0.05) is 12.0 Å². The van der Waals surface area contributed by atoms with Crippen molar-refractivity contribution in [3.63, 3.8) is 0 Å². The second kappa shape index (κ2) is 8.82. The van der Waals surface area contributed by atoms with Crippen LogP contribution < -0.4 is 5.32 Å². The van der Waals surface area contributed by atoms with Crippen molar-refractivity contribution < 1.29 is 4.79 Å². The summed E-state index contributed by atoms with van der Waals surface area (Å²) >= 11 is 1.61. The van der Waals surface area contributed by atoms with Gasteiger partial charge in [0.05, 0.1) is 16.3 Å². The van der Waals surface area contributed by atoms with Gasteiger partial charge in [-0.05, 0) is 48.3 Å². The summed E-state index contributed by atoms with van der Waals surface area (Å²) in [5, 5.41) is 5.08. The third-order valence-electron chi connectivity index (χ3n) is 5.60. The predicted molar refractivity (Wildman–Crippen MR) is 126 cm³/mol. The summed E-state index contributed by atoms with van der Waals surface area (Å²) in [4.78, 5) is 23.6. The van der Waals surface area contributed by atoms with Crippen LogP contribution in [0.15, 0.2) is 72.1 Å². The van der Waals surface area contributed by atoms with Crippen LogP contribution in [-0.2, 0) is 24.1 Å². The molecule has 2 heterocycles. The molecule has 4 aromatic rings. The summed E-state index contributed by atoms with van der Waals surface area (Å²) < 4.78 is 0. The second-order valence-electron chi connectivity index (χ2n) is 7.74. The number of thiophene rings is 1. The highest BCUT2D eigenvalue weighted by atomic mass is 32.1. The topological polar surface area (TPSA) is 54.9 Å². The van der Waals surface area contributed by atoms with Gasteiger partial charge in [-0.25, -0.2) is 9.97 Å². The Kier molecular flexibility index (Phi) is 5.59. The van der Waals surface area contributed by atoms with E-state index in [1.54, 1.807) is 11.3 Å². The first-order valence-electron chi connectivity index (χ1n) is 10.6. The summed E-state index contributed by atoms with van der Waals surface area (Å²) in [5.74, 6) is 0.560. The molecule has 0 aliphatic heterocycles. The van der Waals surface area contributed by atoms with E-state index in [-0.39, 0.29) is 5.91 Å². The van der Waals surface area contributed by atoms with E-state index in [1.807, 2.05) is 41.8 Å². The van der Waals surface area contributed by atoms with Gasteiger partial charge in [-0.15, -0.1) is 11.3 Å². The maximum Gasteiger partial charge on any atom is 0.225 e. The minimum absolute atomic E-state index is 0.0146. The molecule has 0 bridgehead atoms. The number of benzene rings is 2. The molecule has 0 radical (unpaired) electrons. The van der Waals surface area contributed by atoms with Gasteiger partial charge >= 0.3 is 0 Å². The van der Waals surface area contributed by atoms with Crippen molar-refractivity contribution >= 4 is 23.1 Å². The highest BCUT2D eigenvalue weighted by Crippen LogP contribution is 2.36. The Morgan fingerprint density at radius 1 is 0.903 bits per heavy atom. The summed E-state index contributed by atoms with van der Waals surface area (Å²) in [7, 11) is 0. The lowest BCUT2D eigenvalue weighted by atomic mass is 9.92. The number of aromatic nitrogens is 2. The van der Waals surface area contributed by atoms with Crippen molar-refractivity contribution in [3.05, 3.63) is 88.9 Å². The maximum atomic E-state index is 12.7. The van der Waals surface area contributed by atoms with Crippen molar-refractivity contribution in [2.24, 2.45) is 0 Å². The van der Waals surface area contributed by atoms with E-state index in [2.05, 4.69) is 35.6 Å². The van der Waals surface area contributed by atoms with Gasteiger partial charge in [0.15, 0.2) is 5.82 Å². The van der Waals surface area contributed by atoms with E-state index in [4.69, 9.17) is 9.97 Å². The number of hydrogen-bond donors (Lipinski definition) is 1. The number of aryl methyl sites for hydroxylation is 3. The Morgan fingerprint density at radius 2 is 1.74 bits per heavy atom. The van der Waals surface area contributed by atoms with Crippen molar-refractivity contribution in [2.75, 3.05) is 5.32 Å². The number of nitrogens with zero attached hydrogens (tertiary/aromatic N) is 2. The first-order valence-corrected chi connectivity index (χ1v) is 11.5. The highest BCUT2D eigenvalue weighted by molar-refractivity contribution is 7.13. The molecule has 154 valence electrons. The Labute approximate surface area is 186 Å². The van der Waals surface area contributed by atoms with Crippen molar-refractivity contribution in [3.8, 4) is 21.8 Å². The SMILES string of the molecule is O=C(CCCc1ccccc1)Nc1nc2c(nc1-c1cccs1)-c1ccccc1CC2. The van der Waals surface area contributed by atoms with Crippen molar-refractivity contribution in [1.29, 1.82) is 0 Å². The van der Waals surface area contributed by atoms with Gasteiger partial charge in [0.2, 0.25) is 5.91 Å². The van der Waals surface area contributed by atoms with E-state index in [0.29, 0.717) is 12.2 Å². The van der Waals surface area contributed by atoms with Crippen LogP contribution in [0.3, 0.4) is 0 Å². The molecule has 5 rings (SSSR count). The van der Waals surface area contributed by atoms with Crippen LogP contribution in [0.5, 0.6) is 0 Å². The second-order valence-corrected chi connectivity index (χ2v) is 8.69. The van der Waals surface area contributed by atoms with Crippen molar-refractivity contribution in [1.82, 2.24) is 9.97 Å². The first kappa shape index (κ1) is 19.6. The number of carbonyl (C=O) groups is 1. The number of carbonyl (C=O) groups excluding carboxylic acids is 1. The fraction of sp³-hybridized carbons (Fsp3) is 0.192. The van der Waals surface area contributed by atoms with Crippen LogP contribution >= 0.6 is 11.3 Å². The van der Waals surface area contributed by atoms with E-state index in [0.717, 1.165) is 53.2 Å². The molecule has 5 heteroatoms. The third kappa shape index (κ3) is 4.28. The number of rotatable bonds is 6. The molecule has 0 saturated heterocycles. The molecular formula is C26H23N3OS. The fourth-order valence-electron chi connectivity index (χ4n) is 4.05. The molecule has 4 nitrogen and oxygen atoms in total. The van der Waals surface area contributed by atoms with Crippen molar-refractivity contribution in [2.45, 2.75) is 32.1 Å². The largest absolute Gasteiger partial charge is 0.309 e. The maximum absolute atomic E-state index is 12.7. The van der Waals surface area contributed by atoms with Gasteiger partial charge < -0.3 is 5.32 Å². The molecular weight excluding hydrogens is 402 g/mol. The summed E-state index contributed by atoms with van der Waals surface area (Å²) in [5.41, 5.74) is 6.35. The molecule has 1 amide bonds. The van der Waals surface area contributed by atoms with Crippen LogP contribution in [0.4, 0.5) is 5.82 Å². The molecule has 0 spiro atoms. The Morgan fingerprint density at radius 3 is 2.58 bits per heavy atom. The minimum atomic E-state index is -0.0146. The lowest BCUT2D eigenvalue weighted by Crippen LogP contribution is -2.17. The number of nitrogens with one attached hydrogen (secondary N) is 1. The summed E-state index contributed by atoms with van der Waals surface area (Å²) in [6, 6.07) is 22.7. The van der Waals surface area contributed by atoms with Gasteiger partial charge in [0.1, 0.15) is 5.69 Å². The van der Waals surface area contributed by atoms with Crippen LogP contribution in [-0.4, -0.2) is 15.9 Å². The van der Waals surface area contributed by atoms with Crippen LogP contribution in [0.2, 0.25) is 0 Å².